The Morgan fingerprint density at radius 1 is 1.40 bits per heavy atom. The molecule has 1 saturated heterocycles. The number of hydrogen-bond acceptors (Lipinski definition) is 3. The summed E-state index contributed by atoms with van der Waals surface area (Å²) in [5.41, 5.74) is 1.12. The highest BCUT2D eigenvalue weighted by molar-refractivity contribution is 7.10. The highest BCUT2D eigenvalue weighted by Gasteiger charge is 2.41. The van der Waals surface area contributed by atoms with Crippen LogP contribution in [0, 0.1) is 12.8 Å². The lowest BCUT2D eigenvalue weighted by Gasteiger charge is -2.44. The molecule has 0 aromatic carbocycles. The van der Waals surface area contributed by atoms with Crippen LogP contribution in [0.3, 0.4) is 0 Å². The molecule has 1 aromatic rings. The van der Waals surface area contributed by atoms with E-state index in [0.717, 1.165) is 47.8 Å². The molecule has 1 spiro atoms. The molecular weight excluding hydrogens is 292 g/mol. The molecule has 2 atom stereocenters. The summed E-state index contributed by atoms with van der Waals surface area (Å²) in [5.74, 6) is 0.289. The Bertz CT molecular complexity index is 460. The molecule has 1 aliphatic carbocycles. The SMILES string of the molecule is Cc1csc(C(O)C2CCOC3(CCCCC3)C2)c1Cl. The first-order valence-electron chi connectivity index (χ1n) is 7.67. The van der Waals surface area contributed by atoms with Crippen LogP contribution in [-0.2, 0) is 4.74 Å². The highest BCUT2D eigenvalue weighted by atomic mass is 35.5. The highest BCUT2D eigenvalue weighted by Crippen LogP contribution is 2.46. The Morgan fingerprint density at radius 3 is 2.80 bits per heavy atom. The van der Waals surface area contributed by atoms with E-state index in [4.69, 9.17) is 16.3 Å². The number of aliphatic hydroxyl groups excluding tert-OH is 1. The van der Waals surface area contributed by atoms with Gasteiger partial charge in [-0.15, -0.1) is 11.3 Å². The molecule has 3 rings (SSSR count). The van der Waals surface area contributed by atoms with Gasteiger partial charge in [0.1, 0.15) is 0 Å². The van der Waals surface area contributed by atoms with E-state index in [1.807, 2.05) is 12.3 Å². The number of aliphatic hydroxyl groups is 1. The molecular formula is C16H23ClO2S. The van der Waals surface area contributed by atoms with E-state index >= 15 is 0 Å². The standard InChI is InChI=1S/C16H23ClO2S/c1-11-10-20-15(13(11)17)14(18)12-5-8-19-16(9-12)6-3-2-4-7-16/h10,12,14,18H,2-9H2,1H3. The fourth-order valence-electron chi connectivity index (χ4n) is 3.74. The van der Waals surface area contributed by atoms with Crippen molar-refractivity contribution in [3.8, 4) is 0 Å². The van der Waals surface area contributed by atoms with Gasteiger partial charge in [-0.05, 0) is 49.5 Å². The molecule has 20 heavy (non-hydrogen) atoms. The van der Waals surface area contributed by atoms with Crippen LogP contribution in [-0.4, -0.2) is 17.3 Å². The van der Waals surface area contributed by atoms with Crippen molar-refractivity contribution in [2.45, 2.75) is 63.6 Å². The minimum Gasteiger partial charge on any atom is -0.387 e. The zero-order valence-electron chi connectivity index (χ0n) is 12.0. The van der Waals surface area contributed by atoms with E-state index in [-0.39, 0.29) is 11.5 Å². The van der Waals surface area contributed by atoms with E-state index in [1.54, 1.807) is 11.3 Å². The first-order valence-corrected chi connectivity index (χ1v) is 8.93. The Balaban J connectivity index is 1.74. The number of hydrogen-bond donors (Lipinski definition) is 1. The number of rotatable bonds is 2. The molecule has 2 unspecified atom stereocenters. The van der Waals surface area contributed by atoms with Gasteiger partial charge >= 0.3 is 0 Å². The first kappa shape index (κ1) is 14.8. The van der Waals surface area contributed by atoms with Crippen LogP contribution in [0.25, 0.3) is 0 Å². The maximum atomic E-state index is 10.7. The summed E-state index contributed by atoms with van der Waals surface area (Å²) in [6, 6.07) is 0. The van der Waals surface area contributed by atoms with Crippen molar-refractivity contribution in [3.05, 3.63) is 20.8 Å². The van der Waals surface area contributed by atoms with E-state index in [2.05, 4.69) is 0 Å². The van der Waals surface area contributed by atoms with Crippen molar-refractivity contribution in [1.29, 1.82) is 0 Å². The van der Waals surface area contributed by atoms with Gasteiger partial charge in [0.2, 0.25) is 0 Å². The molecule has 1 saturated carbocycles. The van der Waals surface area contributed by atoms with E-state index < -0.39 is 6.10 Å². The van der Waals surface area contributed by atoms with E-state index in [0.29, 0.717) is 0 Å². The fraction of sp³-hybridized carbons (Fsp3) is 0.750. The maximum absolute atomic E-state index is 10.7. The molecule has 0 radical (unpaired) electrons. The van der Waals surface area contributed by atoms with Crippen LogP contribution < -0.4 is 0 Å². The second-order valence-electron chi connectivity index (χ2n) is 6.39. The van der Waals surface area contributed by atoms with Gasteiger partial charge in [0.15, 0.2) is 0 Å². The predicted molar refractivity (Wildman–Crippen MR) is 83.5 cm³/mol. The molecule has 2 fully saturated rings. The van der Waals surface area contributed by atoms with Gasteiger partial charge in [0.25, 0.3) is 0 Å². The van der Waals surface area contributed by atoms with Gasteiger partial charge in [-0.25, -0.2) is 0 Å². The van der Waals surface area contributed by atoms with Crippen molar-refractivity contribution in [3.63, 3.8) is 0 Å². The predicted octanol–water partition coefficient (Wildman–Crippen LogP) is 4.87. The topological polar surface area (TPSA) is 29.5 Å². The summed E-state index contributed by atoms with van der Waals surface area (Å²) in [7, 11) is 0. The molecule has 0 bridgehead atoms. The maximum Gasteiger partial charge on any atom is 0.0927 e. The van der Waals surface area contributed by atoms with Crippen molar-refractivity contribution < 1.29 is 9.84 Å². The summed E-state index contributed by atoms with van der Waals surface area (Å²) < 4.78 is 6.12. The second-order valence-corrected chi connectivity index (χ2v) is 7.68. The number of aryl methyl sites for hydroxylation is 1. The van der Waals surface area contributed by atoms with Gasteiger partial charge in [0.05, 0.1) is 21.6 Å². The normalized spacial score (nSPS) is 27.6. The quantitative estimate of drug-likeness (QED) is 0.843. The third-order valence-electron chi connectivity index (χ3n) is 4.94. The average molecular weight is 315 g/mol. The third-order valence-corrected chi connectivity index (χ3v) is 6.72. The number of thiophene rings is 1. The zero-order valence-corrected chi connectivity index (χ0v) is 13.6. The van der Waals surface area contributed by atoms with Crippen LogP contribution in [0.5, 0.6) is 0 Å². The second kappa shape index (κ2) is 5.96. The van der Waals surface area contributed by atoms with Crippen molar-refractivity contribution >= 4 is 22.9 Å². The summed E-state index contributed by atoms with van der Waals surface area (Å²) in [6.45, 7) is 2.78. The minimum atomic E-state index is -0.427. The minimum absolute atomic E-state index is 0.0426. The van der Waals surface area contributed by atoms with Crippen LogP contribution in [0.15, 0.2) is 5.38 Å². The smallest absolute Gasteiger partial charge is 0.0927 e. The Kier molecular flexibility index (Phi) is 4.42. The van der Waals surface area contributed by atoms with Crippen molar-refractivity contribution in [2.75, 3.05) is 6.61 Å². The molecule has 0 amide bonds. The lowest BCUT2D eigenvalue weighted by atomic mass is 9.74. The molecule has 1 N–H and O–H groups in total. The molecule has 4 heteroatoms. The van der Waals surface area contributed by atoms with Gasteiger partial charge in [-0.3, -0.25) is 0 Å². The summed E-state index contributed by atoms with van der Waals surface area (Å²) in [5, 5.41) is 13.5. The summed E-state index contributed by atoms with van der Waals surface area (Å²) in [4.78, 5) is 0.946. The molecule has 1 aliphatic heterocycles. The van der Waals surface area contributed by atoms with Crippen LogP contribution >= 0.6 is 22.9 Å². The van der Waals surface area contributed by atoms with Crippen LogP contribution in [0.2, 0.25) is 5.02 Å². The fourth-order valence-corrected chi connectivity index (χ4v) is 5.13. The Morgan fingerprint density at radius 2 is 2.15 bits per heavy atom. The lowest BCUT2D eigenvalue weighted by molar-refractivity contribution is -0.133. The number of ether oxygens (including phenoxy) is 1. The average Bonchev–Trinajstić information content (AvgIpc) is 2.79. The van der Waals surface area contributed by atoms with Crippen LogP contribution in [0.1, 0.15) is 61.5 Å². The first-order chi connectivity index (χ1) is 9.61. The van der Waals surface area contributed by atoms with Crippen molar-refractivity contribution in [2.24, 2.45) is 5.92 Å². The Labute approximate surface area is 130 Å². The van der Waals surface area contributed by atoms with E-state index in [1.165, 1.54) is 19.3 Å². The Hall–Kier alpha value is -0.0900. The largest absolute Gasteiger partial charge is 0.387 e. The molecule has 112 valence electrons. The molecule has 2 aliphatic rings. The molecule has 2 nitrogen and oxygen atoms in total. The molecule has 2 heterocycles. The monoisotopic (exact) mass is 314 g/mol. The zero-order chi connectivity index (χ0) is 14.2. The molecule has 1 aromatic heterocycles. The van der Waals surface area contributed by atoms with Crippen LogP contribution in [0.4, 0.5) is 0 Å². The van der Waals surface area contributed by atoms with E-state index in [9.17, 15) is 5.11 Å². The third kappa shape index (κ3) is 2.78. The van der Waals surface area contributed by atoms with Gasteiger partial charge < -0.3 is 9.84 Å². The lowest BCUT2D eigenvalue weighted by Crippen LogP contribution is -2.42. The van der Waals surface area contributed by atoms with Crippen molar-refractivity contribution in [1.82, 2.24) is 0 Å². The van der Waals surface area contributed by atoms with Gasteiger partial charge in [0, 0.05) is 6.61 Å². The van der Waals surface area contributed by atoms with Gasteiger partial charge in [-0.2, -0.15) is 0 Å². The number of halogens is 1. The summed E-state index contributed by atoms with van der Waals surface area (Å²) >= 11 is 7.91. The summed E-state index contributed by atoms with van der Waals surface area (Å²) in [6.07, 6.45) is 7.68. The van der Waals surface area contributed by atoms with Gasteiger partial charge in [-0.1, -0.05) is 30.9 Å².